The highest BCUT2D eigenvalue weighted by Crippen LogP contribution is 2.45. The van der Waals surface area contributed by atoms with Crippen LogP contribution in [0.2, 0.25) is 5.02 Å². The van der Waals surface area contributed by atoms with Crippen molar-refractivity contribution in [2.45, 2.75) is 63.8 Å². The minimum Gasteiger partial charge on any atom is -0.300 e. The zero-order valence-electron chi connectivity index (χ0n) is 13.7. The van der Waals surface area contributed by atoms with Gasteiger partial charge in [-0.05, 0) is 99.6 Å². The smallest absolute Gasteiger partial charge is 0.0409 e. The molecule has 0 amide bonds. The third-order valence-electron chi connectivity index (χ3n) is 6.68. The lowest BCUT2D eigenvalue weighted by Gasteiger charge is -2.42. The molecule has 2 bridgehead atoms. The number of hydrogen-bond acceptors (Lipinski definition) is 1. The first-order chi connectivity index (χ1) is 10.7. The monoisotopic (exact) mass is 317 g/mol. The van der Waals surface area contributed by atoms with Crippen LogP contribution in [0, 0.1) is 18.8 Å². The summed E-state index contributed by atoms with van der Waals surface area (Å²) in [5, 5.41) is 0.896. The largest absolute Gasteiger partial charge is 0.300 e. The number of halogens is 1. The molecule has 1 nitrogen and oxygen atoms in total. The number of likely N-dealkylation sites (tertiary alicyclic amines) is 1. The summed E-state index contributed by atoms with van der Waals surface area (Å²) in [7, 11) is 0. The third kappa shape index (κ3) is 2.83. The molecule has 3 fully saturated rings. The van der Waals surface area contributed by atoms with Gasteiger partial charge in [-0.25, -0.2) is 0 Å². The van der Waals surface area contributed by atoms with E-state index in [1.54, 1.807) is 0 Å². The second kappa shape index (κ2) is 6.17. The standard InChI is InChI=1S/C20H28ClN/c1-14-2-6-18(21)13-19(14)16-8-10-22(11-9-16)20-7-4-15-3-5-17(20)12-15/h2,6,13,15-17,20H,3-5,7-12H2,1H3/t15-,17+,20+/m1/s1. The van der Waals surface area contributed by atoms with Gasteiger partial charge in [-0.1, -0.05) is 24.1 Å². The van der Waals surface area contributed by atoms with Crippen molar-refractivity contribution in [3.8, 4) is 0 Å². The molecule has 0 N–H and O–H groups in total. The molecule has 2 saturated carbocycles. The van der Waals surface area contributed by atoms with Crippen molar-refractivity contribution in [3.05, 3.63) is 34.3 Å². The van der Waals surface area contributed by atoms with Gasteiger partial charge >= 0.3 is 0 Å². The zero-order chi connectivity index (χ0) is 15.1. The maximum atomic E-state index is 6.22. The summed E-state index contributed by atoms with van der Waals surface area (Å²) in [5.74, 6) is 2.81. The van der Waals surface area contributed by atoms with Crippen LogP contribution in [0.3, 0.4) is 0 Å². The van der Waals surface area contributed by atoms with Crippen LogP contribution in [0.1, 0.15) is 62.0 Å². The van der Waals surface area contributed by atoms with Crippen molar-refractivity contribution < 1.29 is 0 Å². The topological polar surface area (TPSA) is 3.24 Å². The summed E-state index contributed by atoms with van der Waals surface area (Å²) in [5.41, 5.74) is 2.91. The SMILES string of the molecule is Cc1ccc(Cl)cc1C1CCN([C@H]2CC[C@H]3CC[C@H]2C3)CC1. The van der Waals surface area contributed by atoms with E-state index >= 15 is 0 Å². The molecule has 0 aromatic heterocycles. The molecule has 120 valence electrons. The fourth-order valence-electron chi connectivity index (χ4n) is 5.44. The third-order valence-corrected chi connectivity index (χ3v) is 6.91. The van der Waals surface area contributed by atoms with Gasteiger partial charge in [-0.2, -0.15) is 0 Å². The fourth-order valence-corrected chi connectivity index (χ4v) is 5.62. The van der Waals surface area contributed by atoms with Crippen LogP contribution in [-0.2, 0) is 0 Å². The molecule has 3 aliphatic rings. The predicted octanol–water partition coefficient (Wildman–Crippen LogP) is 5.41. The molecule has 22 heavy (non-hydrogen) atoms. The van der Waals surface area contributed by atoms with Gasteiger partial charge < -0.3 is 4.90 Å². The summed E-state index contributed by atoms with van der Waals surface area (Å²) in [4.78, 5) is 2.84. The van der Waals surface area contributed by atoms with E-state index in [1.165, 1.54) is 69.2 Å². The van der Waals surface area contributed by atoms with Gasteiger partial charge in [0, 0.05) is 11.1 Å². The number of piperidine rings is 1. The molecule has 0 radical (unpaired) electrons. The Morgan fingerprint density at radius 1 is 1.00 bits per heavy atom. The Labute approximate surface area is 140 Å². The average Bonchev–Trinajstić information content (AvgIpc) is 2.91. The Morgan fingerprint density at radius 3 is 2.59 bits per heavy atom. The fraction of sp³-hybridized carbons (Fsp3) is 0.700. The second-order valence-corrected chi connectivity index (χ2v) is 8.33. The highest BCUT2D eigenvalue weighted by Gasteiger charge is 2.39. The van der Waals surface area contributed by atoms with E-state index in [1.807, 2.05) is 6.07 Å². The first-order valence-electron chi connectivity index (χ1n) is 9.21. The normalized spacial score (nSPS) is 33.3. The van der Waals surface area contributed by atoms with E-state index < -0.39 is 0 Å². The van der Waals surface area contributed by atoms with E-state index in [2.05, 4.69) is 24.0 Å². The maximum absolute atomic E-state index is 6.22. The van der Waals surface area contributed by atoms with Gasteiger partial charge in [0.25, 0.3) is 0 Å². The Kier molecular flexibility index (Phi) is 4.21. The van der Waals surface area contributed by atoms with E-state index in [0.29, 0.717) is 0 Å². The predicted molar refractivity (Wildman–Crippen MR) is 93.6 cm³/mol. The Bertz CT molecular complexity index is 533. The molecule has 2 aliphatic carbocycles. The first-order valence-corrected chi connectivity index (χ1v) is 9.58. The first kappa shape index (κ1) is 15.0. The summed E-state index contributed by atoms with van der Waals surface area (Å²) in [6.45, 7) is 4.82. The molecule has 1 aromatic rings. The average molecular weight is 318 g/mol. The second-order valence-electron chi connectivity index (χ2n) is 7.90. The number of benzene rings is 1. The van der Waals surface area contributed by atoms with Crippen molar-refractivity contribution in [3.63, 3.8) is 0 Å². The lowest BCUT2D eigenvalue weighted by molar-refractivity contribution is 0.0840. The lowest BCUT2D eigenvalue weighted by atomic mass is 9.81. The molecule has 1 saturated heterocycles. The van der Waals surface area contributed by atoms with E-state index in [4.69, 9.17) is 11.6 Å². The van der Waals surface area contributed by atoms with Gasteiger partial charge in [0.1, 0.15) is 0 Å². The molecule has 3 atom stereocenters. The molecular formula is C20H28ClN. The van der Waals surface area contributed by atoms with E-state index in [-0.39, 0.29) is 0 Å². The van der Waals surface area contributed by atoms with E-state index in [0.717, 1.165) is 28.8 Å². The van der Waals surface area contributed by atoms with Crippen LogP contribution < -0.4 is 0 Å². The minimum absolute atomic E-state index is 0.717. The van der Waals surface area contributed by atoms with Crippen LogP contribution in [-0.4, -0.2) is 24.0 Å². The number of aryl methyl sites for hydroxylation is 1. The van der Waals surface area contributed by atoms with Crippen LogP contribution in [0.25, 0.3) is 0 Å². The Balaban J connectivity index is 1.41. The van der Waals surface area contributed by atoms with Crippen molar-refractivity contribution >= 4 is 11.6 Å². The summed E-state index contributed by atoms with van der Waals surface area (Å²) >= 11 is 6.22. The highest BCUT2D eigenvalue weighted by molar-refractivity contribution is 6.30. The lowest BCUT2D eigenvalue weighted by Crippen LogP contribution is -2.45. The summed E-state index contributed by atoms with van der Waals surface area (Å²) in [6.07, 6.45) is 10.1. The zero-order valence-corrected chi connectivity index (χ0v) is 14.5. The van der Waals surface area contributed by atoms with Crippen molar-refractivity contribution in [1.29, 1.82) is 0 Å². The molecular weight excluding hydrogens is 290 g/mol. The summed E-state index contributed by atoms with van der Waals surface area (Å²) in [6, 6.07) is 7.32. The minimum atomic E-state index is 0.717. The van der Waals surface area contributed by atoms with Crippen molar-refractivity contribution in [2.24, 2.45) is 11.8 Å². The van der Waals surface area contributed by atoms with E-state index in [9.17, 15) is 0 Å². The molecule has 0 unspecified atom stereocenters. The highest BCUT2D eigenvalue weighted by atomic mass is 35.5. The quantitative estimate of drug-likeness (QED) is 0.705. The van der Waals surface area contributed by atoms with Crippen molar-refractivity contribution in [2.75, 3.05) is 13.1 Å². The maximum Gasteiger partial charge on any atom is 0.0409 e. The molecule has 1 aliphatic heterocycles. The molecule has 2 heteroatoms. The Morgan fingerprint density at radius 2 is 1.77 bits per heavy atom. The van der Waals surface area contributed by atoms with Crippen LogP contribution in [0.15, 0.2) is 18.2 Å². The van der Waals surface area contributed by atoms with Crippen LogP contribution >= 0.6 is 11.6 Å². The molecule has 0 spiro atoms. The number of nitrogens with zero attached hydrogens (tertiary/aromatic N) is 1. The van der Waals surface area contributed by atoms with Gasteiger partial charge in [0.05, 0.1) is 0 Å². The summed E-state index contributed by atoms with van der Waals surface area (Å²) < 4.78 is 0. The van der Waals surface area contributed by atoms with Gasteiger partial charge in [0.15, 0.2) is 0 Å². The molecule has 1 heterocycles. The number of rotatable bonds is 2. The van der Waals surface area contributed by atoms with Crippen molar-refractivity contribution in [1.82, 2.24) is 4.90 Å². The molecule has 1 aromatic carbocycles. The number of hydrogen-bond donors (Lipinski definition) is 0. The van der Waals surface area contributed by atoms with Crippen LogP contribution in [0.4, 0.5) is 0 Å². The Hall–Kier alpha value is -0.530. The molecule has 4 rings (SSSR count). The van der Waals surface area contributed by atoms with Gasteiger partial charge in [0.2, 0.25) is 0 Å². The number of fused-ring (bicyclic) bond motifs is 2. The van der Waals surface area contributed by atoms with Gasteiger partial charge in [-0.3, -0.25) is 0 Å². The van der Waals surface area contributed by atoms with Crippen LogP contribution in [0.5, 0.6) is 0 Å². The van der Waals surface area contributed by atoms with Gasteiger partial charge in [-0.15, -0.1) is 0 Å².